The Morgan fingerprint density at radius 3 is 2.50 bits per heavy atom. The van der Waals surface area contributed by atoms with Gasteiger partial charge >= 0.3 is 0 Å². The Balaban J connectivity index is 1.75. The largest absolute Gasteiger partial charge is 0.372 e. The number of morpholine rings is 1. The zero-order chi connectivity index (χ0) is 20.2. The molecule has 0 aliphatic carbocycles. The Morgan fingerprint density at radius 2 is 1.93 bits per heavy atom. The van der Waals surface area contributed by atoms with Gasteiger partial charge in [0.05, 0.1) is 31.0 Å². The lowest BCUT2D eigenvalue weighted by molar-refractivity contribution is -0.113. The van der Waals surface area contributed by atoms with Crippen LogP contribution in [-0.4, -0.2) is 71.5 Å². The number of hydrogen-bond donors (Lipinski definition) is 0. The van der Waals surface area contributed by atoms with Crippen LogP contribution < -0.4 is 4.90 Å². The quantitative estimate of drug-likeness (QED) is 0.712. The summed E-state index contributed by atoms with van der Waals surface area (Å²) in [5, 5.41) is 3.77. The predicted molar refractivity (Wildman–Crippen MR) is 95.3 cm³/mol. The molecule has 2 aromatic rings. The third-order valence-electron chi connectivity index (χ3n) is 4.73. The number of halogens is 3. The van der Waals surface area contributed by atoms with E-state index in [-0.39, 0.29) is 39.7 Å². The molecule has 1 amide bonds. The molecule has 2 aliphatic heterocycles. The lowest BCUT2D eigenvalue weighted by Gasteiger charge is -2.38. The number of alkyl halides is 2. The lowest BCUT2D eigenvalue weighted by atomic mass is 10.1. The van der Waals surface area contributed by atoms with E-state index < -0.39 is 24.9 Å². The van der Waals surface area contributed by atoms with E-state index in [0.717, 1.165) is 4.90 Å². The van der Waals surface area contributed by atoms with Gasteiger partial charge < -0.3 is 19.1 Å². The summed E-state index contributed by atoms with van der Waals surface area (Å²) in [6.45, 7) is 3.38. The fourth-order valence-electron chi connectivity index (χ4n) is 3.62. The molecule has 2 aliphatic rings. The molecule has 0 radical (unpaired) electrons. The number of aldehydes is 1. The molecule has 0 unspecified atom stereocenters. The monoisotopic (exact) mass is 414 g/mol. The molecule has 11 heteroatoms. The van der Waals surface area contributed by atoms with Crippen LogP contribution in [-0.2, 0) is 4.74 Å². The number of carbonyl (C=O) groups is 2. The zero-order valence-electron chi connectivity index (χ0n) is 15.1. The topological polar surface area (TPSA) is 88.8 Å². The molecule has 4 heterocycles. The van der Waals surface area contributed by atoms with E-state index in [1.54, 1.807) is 0 Å². The summed E-state index contributed by atoms with van der Waals surface area (Å²) in [6, 6.07) is 0. The summed E-state index contributed by atoms with van der Waals surface area (Å²) in [5.74, 6) is -3.66. The minimum Gasteiger partial charge on any atom is -0.372 e. The highest BCUT2D eigenvalue weighted by Gasteiger charge is 2.47. The molecular formula is C17H17ClF2N4O4. The SMILES string of the molecule is C[C@@H]1CN(c2c(C=O)nc3c(C(=O)N4CC(F)(F)C4)noc3c2Cl)C[C@H](C)O1. The number of hydrogen-bond acceptors (Lipinski definition) is 7. The fourth-order valence-corrected chi connectivity index (χ4v) is 3.96. The molecule has 150 valence electrons. The first kappa shape index (κ1) is 19.0. The second kappa shape index (κ2) is 6.63. The summed E-state index contributed by atoms with van der Waals surface area (Å²) >= 11 is 6.49. The van der Waals surface area contributed by atoms with Gasteiger partial charge in [0.1, 0.15) is 16.2 Å². The van der Waals surface area contributed by atoms with Gasteiger partial charge in [0.15, 0.2) is 12.0 Å². The molecular weight excluding hydrogens is 398 g/mol. The van der Waals surface area contributed by atoms with Crippen molar-refractivity contribution in [3.05, 3.63) is 16.4 Å². The minimum absolute atomic E-state index is 0.0185. The maximum Gasteiger partial charge on any atom is 0.282 e. The molecule has 2 saturated heterocycles. The van der Waals surface area contributed by atoms with Crippen molar-refractivity contribution in [1.29, 1.82) is 0 Å². The summed E-state index contributed by atoms with van der Waals surface area (Å²) in [5.41, 5.74) is 0.155. The molecule has 2 fully saturated rings. The van der Waals surface area contributed by atoms with Crippen LogP contribution in [0, 0.1) is 0 Å². The lowest BCUT2D eigenvalue weighted by Crippen LogP contribution is -2.58. The van der Waals surface area contributed by atoms with E-state index in [9.17, 15) is 18.4 Å². The Hall–Kier alpha value is -2.33. The van der Waals surface area contributed by atoms with Crippen LogP contribution in [0.4, 0.5) is 14.5 Å². The summed E-state index contributed by atoms with van der Waals surface area (Å²) < 4.78 is 37.0. The molecule has 0 aromatic carbocycles. The number of fused-ring (bicyclic) bond motifs is 1. The molecule has 2 atom stereocenters. The van der Waals surface area contributed by atoms with Gasteiger partial charge in [-0.15, -0.1) is 0 Å². The third kappa shape index (κ3) is 3.10. The van der Waals surface area contributed by atoms with Crippen molar-refractivity contribution in [3.63, 3.8) is 0 Å². The first-order valence-corrected chi connectivity index (χ1v) is 9.09. The number of nitrogens with zero attached hydrogens (tertiary/aromatic N) is 4. The Morgan fingerprint density at radius 1 is 1.29 bits per heavy atom. The smallest absolute Gasteiger partial charge is 0.282 e. The van der Waals surface area contributed by atoms with Gasteiger partial charge in [-0.3, -0.25) is 9.59 Å². The molecule has 28 heavy (non-hydrogen) atoms. The molecule has 0 N–H and O–H groups in total. The van der Waals surface area contributed by atoms with Crippen LogP contribution in [0.5, 0.6) is 0 Å². The van der Waals surface area contributed by atoms with Crippen LogP contribution in [0.15, 0.2) is 4.52 Å². The number of anilines is 1. The number of likely N-dealkylation sites (tertiary alicyclic amines) is 1. The zero-order valence-corrected chi connectivity index (χ0v) is 15.9. The summed E-state index contributed by atoms with van der Waals surface area (Å²) in [4.78, 5) is 31.2. The average Bonchev–Trinajstić information content (AvgIpc) is 3.02. The molecule has 0 spiro atoms. The van der Waals surface area contributed by atoms with E-state index in [1.807, 2.05) is 18.7 Å². The van der Waals surface area contributed by atoms with Gasteiger partial charge in [0, 0.05) is 13.1 Å². The van der Waals surface area contributed by atoms with Crippen molar-refractivity contribution in [2.45, 2.75) is 32.0 Å². The van der Waals surface area contributed by atoms with E-state index in [4.69, 9.17) is 20.9 Å². The summed E-state index contributed by atoms with van der Waals surface area (Å²) in [7, 11) is 0. The fraction of sp³-hybridized carbons (Fsp3) is 0.529. The normalized spacial score (nSPS) is 24.3. The number of pyridine rings is 1. The maximum atomic E-state index is 13.1. The van der Waals surface area contributed by atoms with Gasteiger partial charge in [-0.05, 0) is 13.8 Å². The van der Waals surface area contributed by atoms with Gasteiger partial charge in [0.2, 0.25) is 5.58 Å². The van der Waals surface area contributed by atoms with E-state index >= 15 is 0 Å². The second-order valence-electron chi connectivity index (χ2n) is 7.17. The van der Waals surface area contributed by atoms with Crippen molar-refractivity contribution >= 4 is 40.6 Å². The van der Waals surface area contributed by atoms with Gasteiger partial charge in [0.25, 0.3) is 11.8 Å². The van der Waals surface area contributed by atoms with E-state index in [2.05, 4.69) is 10.1 Å². The Kier molecular flexibility index (Phi) is 4.50. The number of carbonyl (C=O) groups excluding carboxylic acids is 2. The van der Waals surface area contributed by atoms with Crippen LogP contribution in [0.25, 0.3) is 11.1 Å². The van der Waals surface area contributed by atoms with Crippen LogP contribution in [0.2, 0.25) is 5.02 Å². The minimum atomic E-state index is -2.91. The average molecular weight is 415 g/mol. The number of rotatable bonds is 3. The first-order valence-electron chi connectivity index (χ1n) is 8.71. The van der Waals surface area contributed by atoms with Crippen molar-refractivity contribution in [2.24, 2.45) is 0 Å². The molecule has 4 rings (SSSR count). The first-order chi connectivity index (χ1) is 13.2. The molecule has 2 aromatic heterocycles. The molecule has 0 saturated carbocycles. The predicted octanol–water partition coefficient (Wildman–Crippen LogP) is 2.39. The van der Waals surface area contributed by atoms with Crippen molar-refractivity contribution in [1.82, 2.24) is 15.0 Å². The highest BCUT2D eigenvalue weighted by atomic mass is 35.5. The highest BCUT2D eigenvalue weighted by Crippen LogP contribution is 2.38. The van der Waals surface area contributed by atoms with Crippen LogP contribution in [0.1, 0.15) is 34.8 Å². The van der Waals surface area contributed by atoms with Crippen LogP contribution >= 0.6 is 11.6 Å². The van der Waals surface area contributed by atoms with Crippen molar-refractivity contribution in [2.75, 3.05) is 31.1 Å². The standard InChI is InChI=1S/C17H17ClF2N4O4/c1-8-3-23(4-9(2)27-8)14-10(5-25)21-12-13(22-28-15(12)11(14)18)16(26)24-6-17(19,20)7-24/h5,8-9H,3-4,6-7H2,1-2H3/t8-,9+. The third-order valence-corrected chi connectivity index (χ3v) is 5.08. The van der Waals surface area contributed by atoms with Crippen LogP contribution in [0.3, 0.4) is 0 Å². The number of amides is 1. The molecule has 8 nitrogen and oxygen atoms in total. The van der Waals surface area contributed by atoms with Gasteiger partial charge in [-0.2, -0.15) is 0 Å². The van der Waals surface area contributed by atoms with Crippen molar-refractivity contribution < 1.29 is 27.6 Å². The maximum absolute atomic E-state index is 13.1. The number of aromatic nitrogens is 2. The second-order valence-corrected chi connectivity index (χ2v) is 7.54. The highest BCUT2D eigenvalue weighted by molar-refractivity contribution is 6.38. The molecule has 0 bridgehead atoms. The van der Waals surface area contributed by atoms with Gasteiger partial charge in [-0.1, -0.05) is 16.8 Å². The van der Waals surface area contributed by atoms with E-state index in [1.165, 1.54) is 0 Å². The Bertz CT molecular complexity index is 948. The van der Waals surface area contributed by atoms with E-state index in [0.29, 0.717) is 25.1 Å². The van der Waals surface area contributed by atoms with Gasteiger partial charge in [-0.25, -0.2) is 13.8 Å². The Labute approximate surface area is 163 Å². The van der Waals surface area contributed by atoms with Crippen molar-refractivity contribution in [3.8, 4) is 0 Å². The summed E-state index contributed by atoms with van der Waals surface area (Å²) in [6.07, 6.45) is 0.356. The number of ether oxygens (including phenoxy) is 1.